The van der Waals surface area contributed by atoms with Crippen molar-refractivity contribution in [1.82, 2.24) is 0 Å². The molecule has 2 atom stereocenters. The number of benzene rings is 1. The Bertz CT molecular complexity index is 731. The standard InChI is InChI=1S/C18H18F2N2O2/c19-14-8-11(9-15(20)17(14)22-5-1-2-6-22)21-18(23)13-10-12(13)16-4-3-7-24-16/h3-4,7-9,12-13H,1-2,5-6,10H2,(H,21,23)/t12-,13-/m0/s1. The van der Waals surface area contributed by atoms with Crippen molar-refractivity contribution in [3.05, 3.63) is 47.9 Å². The summed E-state index contributed by atoms with van der Waals surface area (Å²) in [4.78, 5) is 13.9. The Morgan fingerprint density at radius 2 is 1.92 bits per heavy atom. The monoisotopic (exact) mass is 332 g/mol. The molecule has 1 saturated heterocycles. The average Bonchev–Trinajstić information content (AvgIpc) is 2.95. The Kier molecular flexibility index (Phi) is 3.75. The van der Waals surface area contributed by atoms with E-state index in [1.54, 1.807) is 17.2 Å². The molecule has 0 unspecified atom stereocenters. The molecular formula is C18H18F2N2O2. The van der Waals surface area contributed by atoms with Crippen molar-refractivity contribution in [2.45, 2.75) is 25.2 Å². The Balaban J connectivity index is 1.46. The second-order valence-corrected chi connectivity index (χ2v) is 6.44. The maximum absolute atomic E-state index is 14.3. The van der Waals surface area contributed by atoms with Crippen LogP contribution >= 0.6 is 0 Å². The molecule has 1 N–H and O–H groups in total. The van der Waals surface area contributed by atoms with Crippen LogP contribution < -0.4 is 10.2 Å². The molecule has 1 aliphatic carbocycles. The molecule has 1 saturated carbocycles. The van der Waals surface area contributed by atoms with E-state index in [-0.39, 0.29) is 29.1 Å². The summed E-state index contributed by atoms with van der Waals surface area (Å²) in [6.45, 7) is 1.32. The number of amides is 1. The first-order valence-corrected chi connectivity index (χ1v) is 8.22. The lowest BCUT2D eigenvalue weighted by Crippen LogP contribution is -2.21. The number of carbonyl (C=O) groups excluding carboxylic acids is 1. The molecule has 4 nitrogen and oxygen atoms in total. The van der Waals surface area contributed by atoms with Gasteiger partial charge in [-0.3, -0.25) is 4.79 Å². The first-order chi connectivity index (χ1) is 11.6. The first-order valence-electron chi connectivity index (χ1n) is 8.22. The Morgan fingerprint density at radius 1 is 1.21 bits per heavy atom. The van der Waals surface area contributed by atoms with Crippen LogP contribution in [0.3, 0.4) is 0 Å². The number of rotatable bonds is 4. The Hall–Kier alpha value is -2.37. The smallest absolute Gasteiger partial charge is 0.228 e. The third kappa shape index (κ3) is 2.77. The van der Waals surface area contributed by atoms with Gasteiger partial charge in [0.15, 0.2) is 11.6 Å². The van der Waals surface area contributed by atoms with Gasteiger partial charge in [0.2, 0.25) is 5.91 Å². The van der Waals surface area contributed by atoms with Crippen LogP contribution in [0.1, 0.15) is 30.9 Å². The van der Waals surface area contributed by atoms with E-state index in [9.17, 15) is 13.6 Å². The highest BCUT2D eigenvalue weighted by molar-refractivity contribution is 5.95. The maximum Gasteiger partial charge on any atom is 0.228 e. The van der Waals surface area contributed by atoms with Gasteiger partial charge in [0.1, 0.15) is 11.4 Å². The summed E-state index contributed by atoms with van der Waals surface area (Å²) in [5.41, 5.74) is 0.161. The Morgan fingerprint density at radius 3 is 2.54 bits per heavy atom. The number of hydrogen-bond acceptors (Lipinski definition) is 3. The molecule has 0 spiro atoms. The predicted molar refractivity (Wildman–Crippen MR) is 86.0 cm³/mol. The Labute approximate surface area is 138 Å². The minimum absolute atomic E-state index is 0.00498. The SMILES string of the molecule is O=C(Nc1cc(F)c(N2CCCC2)c(F)c1)[C@H]1C[C@@H]1c1ccco1. The van der Waals surface area contributed by atoms with Crippen LogP contribution in [-0.4, -0.2) is 19.0 Å². The van der Waals surface area contributed by atoms with E-state index >= 15 is 0 Å². The van der Waals surface area contributed by atoms with E-state index < -0.39 is 11.6 Å². The summed E-state index contributed by atoms with van der Waals surface area (Å²) in [5, 5.41) is 2.62. The molecule has 1 aromatic carbocycles. The highest BCUT2D eigenvalue weighted by atomic mass is 19.1. The molecule has 1 aromatic heterocycles. The summed E-state index contributed by atoms with van der Waals surface area (Å²) in [6, 6.07) is 6.00. The van der Waals surface area contributed by atoms with Gasteiger partial charge in [-0.2, -0.15) is 0 Å². The molecule has 2 fully saturated rings. The lowest BCUT2D eigenvalue weighted by Gasteiger charge is -2.19. The molecule has 2 heterocycles. The number of anilines is 2. The summed E-state index contributed by atoms with van der Waals surface area (Å²) < 4.78 is 33.9. The van der Waals surface area contributed by atoms with Crippen LogP contribution in [0.15, 0.2) is 34.9 Å². The lowest BCUT2D eigenvalue weighted by atomic mass is 10.2. The van der Waals surface area contributed by atoms with Crippen LogP contribution in [0.25, 0.3) is 0 Å². The van der Waals surface area contributed by atoms with Crippen molar-refractivity contribution >= 4 is 17.3 Å². The van der Waals surface area contributed by atoms with Crippen LogP contribution in [0.2, 0.25) is 0 Å². The molecule has 1 amide bonds. The summed E-state index contributed by atoms with van der Waals surface area (Å²) in [5.74, 6) is -0.878. The highest BCUT2D eigenvalue weighted by Gasteiger charge is 2.45. The number of halogens is 2. The van der Waals surface area contributed by atoms with Gasteiger partial charge < -0.3 is 14.6 Å². The number of carbonyl (C=O) groups is 1. The molecule has 1 aliphatic heterocycles. The molecule has 24 heavy (non-hydrogen) atoms. The summed E-state index contributed by atoms with van der Waals surface area (Å²) >= 11 is 0. The van der Waals surface area contributed by atoms with Crippen molar-refractivity contribution < 1.29 is 18.0 Å². The zero-order chi connectivity index (χ0) is 16.7. The van der Waals surface area contributed by atoms with Gasteiger partial charge in [0.05, 0.1) is 6.26 Å². The first kappa shape index (κ1) is 15.2. The molecule has 0 radical (unpaired) electrons. The van der Waals surface area contributed by atoms with Crippen LogP contribution in [0.4, 0.5) is 20.2 Å². The van der Waals surface area contributed by atoms with Crippen LogP contribution in [-0.2, 0) is 4.79 Å². The quantitative estimate of drug-likeness (QED) is 0.923. The van der Waals surface area contributed by atoms with Gasteiger partial charge in [-0.15, -0.1) is 0 Å². The van der Waals surface area contributed by atoms with E-state index in [1.165, 1.54) is 12.1 Å². The third-order valence-corrected chi connectivity index (χ3v) is 4.74. The predicted octanol–water partition coefficient (Wildman–Crippen LogP) is 3.90. The van der Waals surface area contributed by atoms with Crippen LogP contribution in [0.5, 0.6) is 0 Å². The minimum Gasteiger partial charge on any atom is -0.469 e. The molecular weight excluding hydrogens is 314 g/mol. The molecule has 126 valence electrons. The van der Waals surface area contributed by atoms with E-state index in [2.05, 4.69) is 5.32 Å². The molecule has 2 aliphatic rings. The maximum atomic E-state index is 14.3. The number of nitrogens with one attached hydrogen (secondary N) is 1. The lowest BCUT2D eigenvalue weighted by molar-refractivity contribution is -0.117. The zero-order valence-corrected chi connectivity index (χ0v) is 13.1. The van der Waals surface area contributed by atoms with Crippen molar-refractivity contribution in [2.24, 2.45) is 5.92 Å². The van der Waals surface area contributed by atoms with Gasteiger partial charge in [0.25, 0.3) is 0 Å². The van der Waals surface area contributed by atoms with Crippen molar-refractivity contribution in [3.8, 4) is 0 Å². The van der Waals surface area contributed by atoms with Gasteiger partial charge in [-0.05, 0) is 43.5 Å². The normalized spacial score (nSPS) is 22.7. The summed E-state index contributed by atoms with van der Waals surface area (Å²) in [6.07, 6.45) is 4.14. The van der Waals surface area contributed by atoms with E-state index in [4.69, 9.17) is 4.42 Å². The van der Waals surface area contributed by atoms with Crippen molar-refractivity contribution in [2.75, 3.05) is 23.3 Å². The fourth-order valence-corrected chi connectivity index (χ4v) is 3.42. The second-order valence-electron chi connectivity index (χ2n) is 6.44. The third-order valence-electron chi connectivity index (χ3n) is 4.74. The van der Waals surface area contributed by atoms with Crippen LogP contribution in [0, 0.1) is 17.6 Å². The van der Waals surface area contributed by atoms with Gasteiger partial charge in [0, 0.05) is 30.6 Å². The van der Waals surface area contributed by atoms with Gasteiger partial charge in [-0.1, -0.05) is 0 Å². The summed E-state index contributed by atoms with van der Waals surface area (Å²) in [7, 11) is 0. The molecule has 4 rings (SSSR count). The number of nitrogens with zero attached hydrogens (tertiary/aromatic N) is 1. The molecule has 6 heteroatoms. The van der Waals surface area contributed by atoms with E-state index in [1.807, 2.05) is 6.07 Å². The van der Waals surface area contributed by atoms with Gasteiger partial charge in [-0.25, -0.2) is 8.78 Å². The van der Waals surface area contributed by atoms with Crippen molar-refractivity contribution in [1.29, 1.82) is 0 Å². The second kappa shape index (κ2) is 5.92. The van der Waals surface area contributed by atoms with E-state index in [0.29, 0.717) is 19.5 Å². The largest absolute Gasteiger partial charge is 0.469 e. The zero-order valence-electron chi connectivity index (χ0n) is 13.1. The fourth-order valence-electron chi connectivity index (χ4n) is 3.42. The molecule has 2 aromatic rings. The number of hydrogen-bond donors (Lipinski definition) is 1. The van der Waals surface area contributed by atoms with E-state index in [0.717, 1.165) is 18.6 Å². The average molecular weight is 332 g/mol. The fraction of sp³-hybridized carbons (Fsp3) is 0.389. The number of furan rings is 1. The minimum atomic E-state index is -0.634. The highest BCUT2D eigenvalue weighted by Crippen LogP contribution is 2.48. The van der Waals surface area contributed by atoms with Crippen molar-refractivity contribution in [3.63, 3.8) is 0 Å². The topological polar surface area (TPSA) is 45.5 Å². The molecule has 0 bridgehead atoms. The van der Waals surface area contributed by atoms with Gasteiger partial charge >= 0.3 is 0 Å².